The topological polar surface area (TPSA) is 107 Å². The monoisotopic (exact) mass is 308 g/mol. The van der Waals surface area contributed by atoms with Gasteiger partial charge >= 0.3 is 11.9 Å². The second-order valence-electron chi connectivity index (χ2n) is 3.22. The summed E-state index contributed by atoms with van der Waals surface area (Å²) in [5.41, 5.74) is 0. The van der Waals surface area contributed by atoms with Crippen molar-refractivity contribution in [3.8, 4) is 0 Å². The van der Waals surface area contributed by atoms with Gasteiger partial charge in [0.1, 0.15) is 14.6 Å². The van der Waals surface area contributed by atoms with E-state index in [1.807, 2.05) is 0 Å². The Morgan fingerprint density at radius 3 is 2.21 bits per heavy atom. The van der Waals surface area contributed by atoms with Crippen molar-refractivity contribution in [2.45, 2.75) is 18.7 Å². The molecule has 0 spiro atoms. The number of hydrogen-bond donors (Lipinski definition) is 1. The summed E-state index contributed by atoms with van der Waals surface area (Å²) in [5, 5.41) is 0. The summed E-state index contributed by atoms with van der Waals surface area (Å²) in [6, 6.07) is 0.893. The van der Waals surface area contributed by atoms with Crippen LogP contribution in [0, 0.1) is 0 Å². The van der Waals surface area contributed by atoms with Crippen LogP contribution < -0.4 is 0 Å². The SMILES string of the molecule is CCOC(=O)c1cc(S(=O)(=O)O)c(C(=O)OCC)s1. The van der Waals surface area contributed by atoms with E-state index in [-0.39, 0.29) is 23.0 Å². The van der Waals surface area contributed by atoms with Gasteiger partial charge in [0.2, 0.25) is 0 Å². The van der Waals surface area contributed by atoms with E-state index in [0.29, 0.717) is 11.3 Å². The van der Waals surface area contributed by atoms with Gasteiger partial charge in [0, 0.05) is 0 Å². The molecular weight excluding hydrogens is 296 g/mol. The maximum absolute atomic E-state index is 11.6. The van der Waals surface area contributed by atoms with Gasteiger partial charge in [0.05, 0.1) is 13.2 Å². The molecule has 0 atom stereocenters. The Kier molecular flexibility index (Phi) is 5.04. The fourth-order valence-corrected chi connectivity index (χ4v) is 3.15. The zero-order chi connectivity index (χ0) is 14.6. The van der Waals surface area contributed by atoms with Crippen LogP contribution >= 0.6 is 11.3 Å². The molecule has 1 aromatic heterocycles. The molecule has 1 N–H and O–H groups in total. The molecule has 0 radical (unpaired) electrons. The lowest BCUT2D eigenvalue weighted by Gasteiger charge is -2.00. The number of esters is 2. The van der Waals surface area contributed by atoms with Crippen LogP contribution in [0.4, 0.5) is 0 Å². The van der Waals surface area contributed by atoms with Crippen molar-refractivity contribution in [2.24, 2.45) is 0 Å². The van der Waals surface area contributed by atoms with Crippen molar-refractivity contribution >= 4 is 33.4 Å². The van der Waals surface area contributed by atoms with Crippen LogP contribution in [0.25, 0.3) is 0 Å². The zero-order valence-corrected chi connectivity index (χ0v) is 11.8. The molecule has 0 aliphatic rings. The highest BCUT2D eigenvalue weighted by Crippen LogP contribution is 2.28. The van der Waals surface area contributed by atoms with Crippen molar-refractivity contribution in [1.29, 1.82) is 0 Å². The third-order valence-corrected chi connectivity index (χ3v) is 4.02. The molecule has 19 heavy (non-hydrogen) atoms. The average Bonchev–Trinajstić information content (AvgIpc) is 2.74. The van der Waals surface area contributed by atoms with Crippen LogP contribution in [0.5, 0.6) is 0 Å². The zero-order valence-electron chi connectivity index (χ0n) is 10.2. The van der Waals surface area contributed by atoms with Gasteiger partial charge in [-0.15, -0.1) is 11.3 Å². The molecule has 0 fully saturated rings. The van der Waals surface area contributed by atoms with E-state index in [9.17, 15) is 18.0 Å². The number of hydrogen-bond acceptors (Lipinski definition) is 7. The molecule has 1 rings (SSSR count). The van der Waals surface area contributed by atoms with Crippen molar-refractivity contribution < 1.29 is 32.0 Å². The first-order valence-corrected chi connectivity index (χ1v) is 7.52. The molecule has 7 nitrogen and oxygen atoms in total. The molecule has 0 aliphatic carbocycles. The van der Waals surface area contributed by atoms with Crippen molar-refractivity contribution in [1.82, 2.24) is 0 Å². The minimum absolute atomic E-state index is 0.0381. The Balaban J connectivity index is 3.28. The smallest absolute Gasteiger partial charge is 0.349 e. The highest BCUT2D eigenvalue weighted by atomic mass is 32.2. The number of carbonyl (C=O) groups excluding carboxylic acids is 2. The Bertz CT molecular complexity index is 585. The van der Waals surface area contributed by atoms with Gasteiger partial charge in [-0.25, -0.2) is 9.59 Å². The van der Waals surface area contributed by atoms with Gasteiger partial charge in [0.25, 0.3) is 10.1 Å². The van der Waals surface area contributed by atoms with Crippen LogP contribution in [0.15, 0.2) is 11.0 Å². The summed E-state index contributed by atoms with van der Waals surface area (Å²) in [4.78, 5) is 21.9. The van der Waals surface area contributed by atoms with Gasteiger partial charge in [-0.3, -0.25) is 4.55 Å². The molecular formula is C10H12O7S2. The van der Waals surface area contributed by atoms with Gasteiger partial charge < -0.3 is 9.47 Å². The molecule has 0 aliphatic heterocycles. The van der Waals surface area contributed by atoms with Crippen LogP contribution in [0.1, 0.15) is 33.2 Å². The van der Waals surface area contributed by atoms with Crippen molar-refractivity contribution in [3.05, 3.63) is 15.8 Å². The van der Waals surface area contributed by atoms with Crippen LogP contribution in [-0.2, 0) is 19.6 Å². The van der Waals surface area contributed by atoms with Crippen LogP contribution in [-0.4, -0.2) is 38.1 Å². The third kappa shape index (κ3) is 3.75. The standard InChI is InChI=1S/C10H12O7S2/c1-3-16-9(11)6-5-7(19(13,14)15)8(18-6)10(12)17-4-2/h5H,3-4H2,1-2H3,(H,13,14,15). The van der Waals surface area contributed by atoms with E-state index < -0.39 is 27.0 Å². The van der Waals surface area contributed by atoms with E-state index in [1.54, 1.807) is 13.8 Å². The van der Waals surface area contributed by atoms with Crippen molar-refractivity contribution in [2.75, 3.05) is 13.2 Å². The van der Waals surface area contributed by atoms with E-state index >= 15 is 0 Å². The molecule has 0 aromatic carbocycles. The Morgan fingerprint density at radius 1 is 1.21 bits per heavy atom. The Morgan fingerprint density at radius 2 is 1.74 bits per heavy atom. The van der Waals surface area contributed by atoms with Gasteiger partial charge in [-0.1, -0.05) is 0 Å². The maximum atomic E-state index is 11.6. The average molecular weight is 308 g/mol. The van der Waals surface area contributed by atoms with E-state index in [2.05, 4.69) is 4.74 Å². The number of thiophene rings is 1. The molecule has 0 saturated carbocycles. The van der Waals surface area contributed by atoms with E-state index in [0.717, 1.165) is 6.07 Å². The normalized spacial score (nSPS) is 11.1. The number of ether oxygens (including phenoxy) is 2. The highest BCUT2D eigenvalue weighted by molar-refractivity contribution is 7.86. The Labute approximate surface area is 113 Å². The molecule has 9 heteroatoms. The fraction of sp³-hybridized carbons (Fsp3) is 0.400. The maximum Gasteiger partial charge on any atom is 0.349 e. The second kappa shape index (κ2) is 6.13. The number of carbonyl (C=O) groups is 2. The summed E-state index contributed by atoms with van der Waals surface area (Å²) in [6.07, 6.45) is 0. The first-order valence-electron chi connectivity index (χ1n) is 5.26. The molecule has 106 valence electrons. The Hall–Kier alpha value is -1.45. The molecule has 1 aromatic rings. The highest BCUT2D eigenvalue weighted by Gasteiger charge is 2.28. The summed E-state index contributed by atoms with van der Waals surface area (Å²) >= 11 is 0.594. The lowest BCUT2D eigenvalue weighted by molar-refractivity contribution is 0.0521. The first-order chi connectivity index (χ1) is 8.81. The molecule has 1 heterocycles. The van der Waals surface area contributed by atoms with Crippen molar-refractivity contribution in [3.63, 3.8) is 0 Å². The summed E-state index contributed by atoms with van der Waals surface area (Å²) in [5.74, 6) is -1.69. The second-order valence-corrected chi connectivity index (χ2v) is 5.66. The summed E-state index contributed by atoms with van der Waals surface area (Å²) in [6.45, 7) is 3.27. The van der Waals surface area contributed by atoms with E-state index in [4.69, 9.17) is 9.29 Å². The largest absolute Gasteiger partial charge is 0.462 e. The lowest BCUT2D eigenvalue weighted by atomic mass is 10.4. The molecule has 0 amide bonds. The molecule has 0 bridgehead atoms. The van der Waals surface area contributed by atoms with Crippen LogP contribution in [0.2, 0.25) is 0 Å². The van der Waals surface area contributed by atoms with Gasteiger partial charge in [-0.2, -0.15) is 8.42 Å². The van der Waals surface area contributed by atoms with Crippen LogP contribution in [0.3, 0.4) is 0 Å². The van der Waals surface area contributed by atoms with Gasteiger partial charge in [0.15, 0.2) is 0 Å². The number of rotatable bonds is 5. The predicted molar refractivity (Wildman–Crippen MR) is 66.0 cm³/mol. The fourth-order valence-electron chi connectivity index (χ4n) is 1.21. The summed E-state index contributed by atoms with van der Waals surface area (Å²) < 4.78 is 40.7. The van der Waals surface area contributed by atoms with Gasteiger partial charge in [-0.05, 0) is 19.9 Å². The minimum Gasteiger partial charge on any atom is -0.462 e. The quantitative estimate of drug-likeness (QED) is 0.646. The van der Waals surface area contributed by atoms with E-state index in [1.165, 1.54) is 0 Å². The molecule has 0 saturated heterocycles. The summed E-state index contributed by atoms with van der Waals surface area (Å²) in [7, 11) is -4.62. The minimum atomic E-state index is -4.62. The molecule has 0 unspecified atom stereocenters. The predicted octanol–water partition coefficient (Wildman–Crippen LogP) is 1.35. The lowest BCUT2D eigenvalue weighted by Crippen LogP contribution is -2.08. The first kappa shape index (κ1) is 15.6. The third-order valence-electron chi connectivity index (χ3n) is 1.91.